The van der Waals surface area contributed by atoms with Crippen molar-refractivity contribution in [1.82, 2.24) is 10.5 Å². The Morgan fingerprint density at radius 1 is 1.38 bits per heavy atom. The second-order valence-electron chi connectivity index (χ2n) is 5.19. The van der Waals surface area contributed by atoms with Crippen LogP contribution in [0.25, 0.3) is 0 Å². The topological polar surface area (TPSA) is 81.2 Å². The van der Waals surface area contributed by atoms with Gasteiger partial charge in [-0.1, -0.05) is 33.2 Å². The highest BCUT2D eigenvalue weighted by atomic mass is 79.9. The number of nitrogens with zero attached hydrogens (tertiary/aromatic N) is 1. The van der Waals surface area contributed by atoms with Gasteiger partial charge in [-0.15, -0.1) is 0 Å². The van der Waals surface area contributed by atoms with Crippen LogP contribution in [0.1, 0.15) is 29.5 Å². The molecule has 2 aromatic rings. The summed E-state index contributed by atoms with van der Waals surface area (Å²) in [7, 11) is 0. The summed E-state index contributed by atoms with van der Waals surface area (Å²) in [5.74, 6) is 0.458. The van der Waals surface area contributed by atoms with Gasteiger partial charge in [-0.05, 0) is 38.5 Å². The number of hydrogen-bond donors (Lipinski definition) is 2. The second kappa shape index (κ2) is 5.99. The average molecular weight is 352 g/mol. The minimum absolute atomic E-state index is 0.246. The highest BCUT2D eigenvalue weighted by Crippen LogP contribution is 2.21. The molecule has 1 aromatic carbocycles. The summed E-state index contributed by atoms with van der Waals surface area (Å²) in [6, 6.07) is 7.39. The summed E-state index contributed by atoms with van der Waals surface area (Å²) >= 11 is 3.36. The summed E-state index contributed by atoms with van der Waals surface area (Å²) in [6.07, 6.45) is 0. The molecule has 0 aliphatic rings. The van der Waals surface area contributed by atoms with Crippen molar-refractivity contribution in [3.05, 3.63) is 51.3 Å². The number of aryl methyl sites for hydroxylation is 2. The molecule has 0 aliphatic carbocycles. The smallest absolute Gasteiger partial charge is 0.244 e. The number of nitrogens with one attached hydrogen (secondary N) is 1. The van der Waals surface area contributed by atoms with Crippen molar-refractivity contribution < 1.29 is 9.32 Å². The molecule has 0 spiro atoms. The lowest BCUT2D eigenvalue weighted by Gasteiger charge is -2.24. The molecule has 6 heteroatoms. The number of benzene rings is 1. The van der Waals surface area contributed by atoms with Gasteiger partial charge in [0.1, 0.15) is 11.3 Å². The van der Waals surface area contributed by atoms with Crippen molar-refractivity contribution in [3.63, 3.8) is 0 Å². The molecule has 21 heavy (non-hydrogen) atoms. The van der Waals surface area contributed by atoms with Gasteiger partial charge >= 0.3 is 0 Å². The first-order valence-corrected chi connectivity index (χ1v) is 7.36. The Labute approximate surface area is 132 Å². The highest BCUT2D eigenvalue weighted by Gasteiger charge is 2.30. The Kier molecular flexibility index (Phi) is 4.49. The van der Waals surface area contributed by atoms with E-state index in [0.717, 1.165) is 21.3 Å². The summed E-state index contributed by atoms with van der Waals surface area (Å²) in [4.78, 5) is 12.4. The molecule has 0 radical (unpaired) electrons. The van der Waals surface area contributed by atoms with Crippen LogP contribution in [0.15, 0.2) is 33.3 Å². The van der Waals surface area contributed by atoms with Gasteiger partial charge in [0.25, 0.3) is 0 Å². The zero-order valence-corrected chi connectivity index (χ0v) is 13.8. The average Bonchev–Trinajstić information content (AvgIpc) is 2.76. The van der Waals surface area contributed by atoms with E-state index < -0.39 is 5.54 Å². The Balaban J connectivity index is 2.10. The molecule has 1 heterocycles. The van der Waals surface area contributed by atoms with E-state index >= 15 is 0 Å². The Morgan fingerprint density at radius 2 is 2.00 bits per heavy atom. The summed E-state index contributed by atoms with van der Waals surface area (Å²) in [5.41, 5.74) is 7.49. The summed E-state index contributed by atoms with van der Waals surface area (Å²) in [6.45, 7) is 5.70. The Hall–Kier alpha value is -1.66. The predicted molar refractivity (Wildman–Crippen MR) is 83.5 cm³/mol. The largest absolute Gasteiger partial charge is 0.361 e. The van der Waals surface area contributed by atoms with Gasteiger partial charge in [0.15, 0.2) is 0 Å². The maximum atomic E-state index is 12.4. The highest BCUT2D eigenvalue weighted by molar-refractivity contribution is 9.10. The van der Waals surface area contributed by atoms with Crippen LogP contribution in [-0.2, 0) is 16.9 Å². The monoisotopic (exact) mass is 351 g/mol. The SMILES string of the molecule is Cc1noc(C)c1CNC(=O)C(C)(N)c1ccc(Br)cc1. The molecule has 3 N–H and O–H groups in total. The molecule has 2 rings (SSSR count). The van der Waals surface area contributed by atoms with Gasteiger partial charge in [-0.2, -0.15) is 0 Å². The fraction of sp³-hybridized carbons (Fsp3) is 0.333. The van der Waals surface area contributed by atoms with E-state index in [2.05, 4.69) is 26.4 Å². The van der Waals surface area contributed by atoms with Crippen molar-refractivity contribution in [2.75, 3.05) is 0 Å². The lowest BCUT2D eigenvalue weighted by molar-refractivity contribution is -0.126. The van der Waals surface area contributed by atoms with E-state index in [9.17, 15) is 4.79 Å². The third-order valence-corrected chi connectivity index (χ3v) is 4.05. The number of rotatable bonds is 4. The fourth-order valence-electron chi connectivity index (χ4n) is 2.03. The summed E-state index contributed by atoms with van der Waals surface area (Å²) < 4.78 is 6.02. The Bertz CT molecular complexity index is 628. The fourth-order valence-corrected chi connectivity index (χ4v) is 2.30. The van der Waals surface area contributed by atoms with Gasteiger partial charge in [0.2, 0.25) is 5.91 Å². The van der Waals surface area contributed by atoms with Crippen molar-refractivity contribution in [2.24, 2.45) is 5.73 Å². The number of amides is 1. The van der Waals surface area contributed by atoms with Crippen molar-refractivity contribution in [3.8, 4) is 0 Å². The number of halogens is 1. The van der Waals surface area contributed by atoms with Crippen LogP contribution in [-0.4, -0.2) is 11.1 Å². The number of carbonyl (C=O) groups excluding carboxylic acids is 1. The molecule has 0 saturated carbocycles. The first kappa shape index (κ1) is 15.7. The van der Waals surface area contributed by atoms with E-state index in [1.165, 1.54) is 0 Å². The van der Waals surface area contributed by atoms with Crippen LogP contribution in [0.5, 0.6) is 0 Å². The molecular formula is C15H18BrN3O2. The van der Waals surface area contributed by atoms with Crippen LogP contribution in [0, 0.1) is 13.8 Å². The van der Waals surface area contributed by atoms with Crippen molar-refractivity contribution in [2.45, 2.75) is 32.9 Å². The van der Waals surface area contributed by atoms with Crippen LogP contribution >= 0.6 is 15.9 Å². The lowest BCUT2D eigenvalue weighted by Crippen LogP contribution is -2.48. The number of nitrogens with two attached hydrogens (primary N) is 1. The van der Waals surface area contributed by atoms with Gasteiger partial charge < -0.3 is 15.6 Å². The molecule has 1 atom stereocenters. The minimum atomic E-state index is -1.10. The molecular weight excluding hydrogens is 334 g/mol. The van der Waals surface area contributed by atoms with Crippen molar-refractivity contribution in [1.29, 1.82) is 0 Å². The molecule has 112 valence electrons. The third kappa shape index (κ3) is 3.33. The van der Waals surface area contributed by atoms with Crippen LogP contribution in [0.4, 0.5) is 0 Å². The van der Waals surface area contributed by atoms with Crippen LogP contribution < -0.4 is 11.1 Å². The molecule has 1 amide bonds. The first-order chi connectivity index (χ1) is 9.82. The van der Waals surface area contributed by atoms with E-state index in [1.54, 1.807) is 6.92 Å². The number of hydrogen-bond acceptors (Lipinski definition) is 4. The predicted octanol–water partition coefficient (Wildman–Crippen LogP) is 2.54. The third-order valence-electron chi connectivity index (χ3n) is 3.52. The number of aromatic nitrogens is 1. The van der Waals surface area contributed by atoms with E-state index in [0.29, 0.717) is 12.3 Å². The molecule has 0 bridgehead atoms. The molecule has 1 aromatic heterocycles. The van der Waals surface area contributed by atoms with Gasteiger partial charge in [-0.25, -0.2) is 0 Å². The van der Waals surface area contributed by atoms with E-state index in [-0.39, 0.29) is 5.91 Å². The summed E-state index contributed by atoms with van der Waals surface area (Å²) in [5, 5.41) is 6.71. The normalized spacial score (nSPS) is 13.8. The minimum Gasteiger partial charge on any atom is -0.361 e. The van der Waals surface area contributed by atoms with Crippen LogP contribution in [0.3, 0.4) is 0 Å². The van der Waals surface area contributed by atoms with Crippen molar-refractivity contribution >= 4 is 21.8 Å². The zero-order chi connectivity index (χ0) is 15.6. The molecule has 0 fully saturated rings. The van der Waals surface area contributed by atoms with Gasteiger partial charge in [0, 0.05) is 16.6 Å². The maximum Gasteiger partial charge on any atom is 0.244 e. The molecule has 1 unspecified atom stereocenters. The van der Waals surface area contributed by atoms with E-state index in [1.807, 2.05) is 38.1 Å². The molecule has 0 saturated heterocycles. The second-order valence-corrected chi connectivity index (χ2v) is 6.11. The zero-order valence-electron chi connectivity index (χ0n) is 12.2. The van der Waals surface area contributed by atoms with E-state index in [4.69, 9.17) is 10.3 Å². The first-order valence-electron chi connectivity index (χ1n) is 6.57. The maximum absolute atomic E-state index is 12.4. The Morgan fingerprint density at radius 3 is 2.52 bits per heavy atom. The van der Waals surface area contributed by atoms with Gasteiger partial charge in [-0.3, -0.25) is 4.79 Å². The standard InChI is InChI=1S/C15H18BrN3O2/c1-9-13(10(2)21-19-9)8-18-14(20)15(3,17)11-4-6-12(16)7-5-11/h4-7H,8,17H2,1-3H3,(H,18,20). The van der Waals surface area contributed by atoms with Crippen LogP contribution in [0.2, 0.25) is 0 Å². The lowest BCUT2D eigenvalue weighted by atomic mass is 9.92. The quantitative estimate of drug-likeness (QED) is 0.886. The molecule has 0 aliphatic heterocycles. The number of carbonyl (C=O) groups is 1. The molecule has 5 nitrogen and oxygen atoms in total. The van der Waals surface area contributed by atoms with Gasteiger partial charge in [0.05, 0.1) is 5.69 Å².